The zero-order valence-electron chi connectivity index (χ0n) is 12.4. The zero-order chi connectivity index (χ0) is 15.8. The van der Waals surface area contributed by atoms with Gasteiger partial charge >= 0.3 is 12.0 Å². The number of hydrogen-bond acceptors (Lipinski definition) is 4. The van der Waals surface area contributed by atoms with Gasteiger partial charge in [-0.2, -0.15) is 0 Å². The first kappa shape index (κ1) is 17.2. The third kappa shape index (κ3) is 5.99. The summed E-state index contributed by atoms with van der Waals surface area (Å²) in [5, 5.41) is 14.1. The van der Waals surface area contributed by atoms with E-state index in [1.807, 2.05) is 13.8 Å². The Balaban J connectivity index is 2.31. The highest BCUT2D eigenvalue weighted by atomic mass is 16.5. The van der Waals surface area contributed by atoms with Gasteiger partial charge in [-0.25, -0.2) is 9.59 Å². The largest absolute Gasteiger partial charge is 0.480 e. The van der Waals surface area contributed by atoms with E-state index in [1.54, 1.807) is 0 Å². The van der Waals surface area contributed by atoms with Crippen LogP contribution in [0, 0.1) is 0 Å². The van der Waals surface area contributed by atoms with Crippen molar-refractivity contribution in [3.63, 3.8) is 0 Å². The summed E-state index contributed by atoms with van der Waals surface area (Å²) in [6.07, 6.45) is 1.72. The van der Waals surface area contributed by atoms with Gasteiger partial charge < -0.3 is 20.5 Å². The smallest absolute Gasteiger partial charge is 0.328 e. The predicted molar refractivity (Wildman–Crippen MR) is 74.9 cm³/mol. The van der Waals surface area contributed by atoms with Crippen LogP contribution in [0.2, 0.25) is 0 Å². The van der Waals surface area contributed by atoms with Gasteiger partial charge in [0.15, 0.2) is 0 Å². The minimum absolute atomic E-state index is 0.0657. The maximum absolute atomic E-state index is 11.9. The second-order valence-corrected chi connectivity index (χ2v) is 5.14. The lowest BCUT2D eigenvalue weighted by atomic mass is 10.2. The number of nitrogens with zero attached hydrogens (tertiary/aromatic N) is 1. The van der Waals surface area contributed by atoms with Crippen molar-refractivity contribution in [2.75, 3.05) is 26.2 Å². The van der Waals surface area contributed by atoms with Gasteiger partial charge in [0.1, 0.15) is 12.6 Å². The van der Waals surface area contributed by atoms with Gasteiger partial charge in [-0.1, -0.05) is 0 Å². The Morgan fingerprint density at radius 2 is 2.19 bits per heavy atom. The van der Waals surface area contributed by atoms with Crippen LogP contribution in [0.5, 0.6) is 0 Å². The van der Waals surface area contributed by atoms with Crippen LogP contribution in [0.3, 0.4) is 0 Å². The molecule has 0 aromatic rings. The van der Waals surface area contributed by atoms with Gasteiger partial charge in [0.2, 0.25) is 5.91 Å². The molecule has 3 N–H and O–H groups in total. The van der Waals surface area contributed by atoms with Gasteiger partial charge in [-0.05, 0) is 26.7 Å². The molecule has 1 atom stereocenters. The van der Waals surface area contributed by atoms with E-state index in [1.165, 1.54) is 0 Å². The van der Waals surface area contributed by atoms with Crippen molar-refractivity contribution < 1.29 is 24.2 Å². The van der Waals surface area contributed by atoms with Gasteiger partial charge in [-0.15, -0.1) is 0 Å². The number of aliphatic carboxylic acids is 1. The second-order valence-electron chi connectivity index (χ2n) is 5.14. The first-order chi connectivity index (χ1) is 9.91. The molecule has 1 unspecified atom stereocenters. The number of nitrogens with one attached hydrogen (secondary N) is 2. The number of piperazine rings is 1. The molecule has 3 amide bonds. The van der Waals surface area contributed by atoms with Crippen LogP contribution in [0.4, 0.5) is 4.79 Å². The Morgan fingerprint density at radius 3 is 2.81 bits per heavy atom. The van der Waals surface area contributed by atoms with E-state index in [0.717, 1.165) is 17.7 Å². The van der Waals surface area contributed by atoms with Crippen LogP contribution in [-0.4, -0.2) is 66.3 Å². The standard InChI is InChI=1S/C13H23N3O5/c1-9(2)21-6-4-3-5-14-13(20)16-8-11(17)15-7-10(16)12(18)19/h9-10H,3-8H2,1-2H3,(H,14,20)(H,15,17)(H,18,19). The monoisotopic (exact) mass is 301 g/mol. The van der Waals surface area contributed by atoms with Crippen LogP contribution in [0.1, 0.15) is 26.7 Å². The molecule has 1 saturated heterocycles. The molecule has 1 aliphatic rings. The molecule has 1 fully saturated rings. The molecule has 0 aromatic carbocycles. The summed E-state index contributed by atoms with van der Waals surface area (Å²) < 4.78 is 5.37. The van der Waals surface area contributed by atoms with Gasteiger partial charge in [0, 0.05) is 19.7 Å². The number of amides is 3. The van der Waals surface area contributed by atoms with Crippen molar-refractivity contribution in [3.05, 3.63) is 0 Å². The van der Waals surface area contributed by atoms with E-state index in [0.29, 0.717) is 13.2 Å². The van der Waals surface area contributed by atoms with Crippen molar-refractivity contribution in [3.8, 4) is 0 Å². The summed E-state index contributed by atoms with van der Waals surface area (Å²) in [6.45, 7) is 4.65. The van der Waals surface area contributed by atoms with Crippen molar-refractivity contribution >= 4 is 17.9 Å². The Labute approximate surface area is 123 Å². The Kier molecular flexibility index (Phi) is 6.93. The summed E-state index contributed by atoms with van der Waals surface area (Å²) in [5.41, 5.74) is 0. The lowest BCUT2D eigenvalue weighted by Crippen LogP contribution is -2.61. The molecule has 0 radical (unpaired) electrons. The molecule has 0 bridgehead atoms. The van der Waals surface area contributed by atoms with E-state index < -0.39 is 18.0 Å². The van der Waals surface area contributed by atoms with Crippen molar-refractivity contribution in [1.82, 2.24) is 15.5 Å². The maximum Gasteiger partial charge on any atom is 0.328 e. The third-order valence-corrected chi connectivity index (χ3v) is 3.03. The van der Waals surface area contributed by atoms with Crippen molar-refractivity contribution in [1.29, 1.82) is 0 Å². The number of carbonyl (C=O) groups is 3. The van der Waals surface area contributed by atoms with E-state index in [4.69, 9.17) is 9.84 Å². The van der Waals surface area contributed by atoms with Crippen molar-refractivity contribution in [2.45, 2.75) is 38.8 Å². The summed E-state index contributed by atoms with van der Waals surface area (Å²) in [5.74, 6) is -1.48. The van der Waals surface area contributed by atoms with Crippen LogP contribution in [0.25, 0.3) is 0 Å². The van der Waals surface area contributed by atoms with E-state index in [-0.39, 0.29) is 25.1 Å². The molecule has 120 valence electrons. The quantitative estimate of drug-likeness (QED) is 0.564. The molecule has 1 rings (SSSR count). The molecule has 0 aliphatic carbocycles. The van der Waals surface area contributed by atoms with Crippen molar-refractivity contribution in [2.24, 2.45) is 0 Å². The number of ether oxygens (including phenoxy) is 1. The lowest BCUT2D eigenvalue weighted by molar-refractivity contribution is -0.144. The van der Waals surface area contributed by atoms with E-state index >= 15 is 0 Å². The number of carboxylic acids is 1. The SMILES string of the molecule is CC(C)OCCCCNC(=O)N1CC(=O)NCC1C(=O)O. The molecule has 21 heavy (non-hydrogen) atoms. The molecule has 8 nitrogen and oxygen atoms in total. The number of carbonyl (C=O) groups excluding carboxylic acids is 2. The highest BCUT2D eigenvalue weighted by Gasteiger charge is 2.34. The molecule has 1 aliphatic heterocycles. The lowest BCUT2D eigenvalue weighted by Gasteiger charge is -2.32. The van der Waals surface area contributed by atoms with Gasteiger partial charge in [-0.3, -0.25) is 9.69 Å². The Hall–Kier alpha value is -1.83. The molecule has 0 spiro atoms. The molecular formula is C13H23N3O5. The van der Waals surface area contributed by atoms with Gasteiger partial charge in [0.05, 0.1) is 6.10 Å². The first-order valence-corrected chi connectivity index (χ1v) is 7.07. The third-order valence-electron chi connectivity index (χ3n) is 3.03. The number of hydrogen-bond donors (Lipinski definition) is 3. The highest BCUT2D eigenvalue weighted by Crippen LogP contribution is 2.05. The minimum atomic E-state index is -1.13. The van der Waals surface area contributed by atoms with Crippen LogP contribution in [0.15, 0.2) is 0 Å². The Morgan fingerprint density at radius 1 is 1.48 bits per heavy atom. The van der Waals surface area contributed by atoms with Crippen LogP contribution >= 0.6 is 0 Å². The van der Waals surface area contributed by atoms with E-state index in [2.05, 4.69) is 10.6 Å². The minimum Gasteiger partial charge on any atom is -0.480 e. The summed E-state index contributed by atoms with van der Waals surface area (Å²) in [7, 11) is 0. The highest BCUT2D eigenvalue weighted by molar-refractivity contribution is 5.90. The molecular weight excluding hydrogens is 278 g/mol. The summed E-state index contributed by atoms with van der Waals surface area (Å²) >= 11 is 0. The number of urea groups is 1. The van der Waals surface area contributed by atoms with Gasteiger partial charge in [0.25, 0.3) is 0 Å². The van der Waals surface area contributed by atoms with E-state index in [9.17, 15) is 14.4 Å². The first-order valence-electron chi connectivity index (χ1n) is 7.07. The molecule has 0 aromatic heterocycles. The Bertz CT molecular complexity index is 386. The normalized spacial score (nSPS) is 18.5. The summed E-state index contributed by atoms with van der Waals surface area (Å²) in [4.78, 5) is 35.3. The fraction of sp³-hybridized carbons (Fsp3) is 0.769. The summed E-state index contributed by atoms with van der Waals surface area (Å²) in [6, 6.07) is -1.55. The molecule has 8 heteroatoms. The maximum atomic E-state index is 11.9. The van der Waals surface area contributed by atoms with Crippen LogP contribution < -0.4 is 10.6 Å². The average Bonchev–Trinajstić information content (AvgIpc) is 2.41. The number of rotatable bonds is 7. The van der Waals surface area contributed by atoms with Crippen LogP contribution in [-0.2, 0) is 14.3 Å². The second kappa shape index (κ2) is 8.46. The molecule has 1 heterocycles. The fourth-order valence-corrected chi connectivity index (χ4v) is 1.92. The predicted octanol–water partition coefficient (Wildman–Crippen LogP) is -0.214. The zero-order valence-corrected chi connectivity index (χ0v) is 12.4. The number of unbranched alkanes of at least 4 members (excludes halogenated alkanes) is 1. The molecule has 0 saturated carbocycles. The topological polar surface area (TPSA) is 108 Å². The fourth-order valence-electron chi connectivity index (χ4n) is 1.92. The number of carboxylic acid groups (broad SMARTS) is 1. The average molecular weight is 301 g/mol.